The zero-order valence-electron chi connectivity index (χ0n) is 11.3. The Bertz CT molecular complexity index is 548. The summed E-state index contributed by atoms with van der Waals surface area (Å²) in [6.07, 6.45) is -0.0163. The van der Waals surface area contributed by atoms with Crippen LogP contribution in [0.2, 0.25) is 0 Å². The lowest BCUT2D eigenvalue weighted by molar-refractivity contribution is -0.228. The monoisotopic (exact) mass is 294 g/mol. The van der Waals surface area contributed by atoms with Crippen molar-refractivity contribution < 1.29 is 34.0 Å². The molecule has 0 aliphatic heterocycles. The minimum absolute atomic E-state index is 0.0715. The lowest BCUT2D eigenvalue weighted by Crippen LogP contribution is -2.19. The van der Waals surface area contributed by atoms with E-state index >= 15 is 0 Å². The van der Waals surface area contributed by atoms with E-state index in [4.69, 9.17) is 9.84 Å². The molecule has 1 atom stereocenters. The molecule has 0 saturated carbocycles. The molecule has 0 aliphatic carbocycles. The van der Waals surface area contributed by atoms with E-state index in [1.807, 2.05) is 0 Å². The van der Waals surface area contributed by atoms with Gasteiger partial charge < -0.3 is 9.84 Å². The molecule has 0 radical (unpaired) electrons. The van der Waals surface area contributed by atoms with Crippen molar-refractivity contribution >= 4 is 17.9 Å². The standard InChI is InChI=1S/C14H14O7/c1-3-12(16)20-21-14(18)11-7-5-4-6-10(11)13(17)19-8-9(2)15/h3-7,9,15H,1,8H2,2H3. The van der Waals surface area contributed by atoms with E-state index in [9.17, 15) is 14.4 Å². The lowest BCUT2D eigenvalue weighted by Gasteiger charge is -2.09. The summed E-state index contributed by atoms with van der Waals surface area (Å²) in [6, 6.07) is 5.67. The van der Waals surface area contributed by atoms with Crippen LogP contribution in [-0.4, -0.2) is 35.7 Å². The topological polar surface area (TPSA) is 99.1 Å². The Morgan fingerprint density at radius 1 is 1.19 bits per heavy atom. The molecule has 0 heterocycles. The summed E-state index contributed by atoms with van der Waals surface area (Å²) in [6.45, 7) is 4.37. The molecule has 0 fully saturated rings. The fourth-order valence-electron chi connectivity index (χ4n) is 1.27. The first kappa shape index (κ1) is 16.4. The van der Waals surface area contributed by atoms with Crippen molar-refractivity contribution in [2.24, 2.45) is 0 Å². The molecule has 21 heavy (non-hydrogen) atoms. The summed E-state index contributed by atoms with van der Waals surface area (Å²) in [7, 11) is 0. The highest BCUT2D eigenvalue weighted by Gasteiger charge is 2.21. The second-order valence-electron chi connectivity index (χ2n) is 3.97. The molecular formula is C14H14O7. The maximum Gasteiger partial charge on any atom is 0.387 e. The quantitative estimate of drug-likeness (QED) is 0.374. The second-order valence-corrected chi connectivity index (χ2v) is 3.97. The van der Waals surface area contributed by atoms with E-state index in [2.05, 4.69) is 16.4 Å². The van der Waals surface area contributed by atoms with Gasteiger partial charge in [0.25, 0.3) is 0 Å². The Labute approximate surface area is 120 Å². The van der Waals surface area contributed by atoms with Gasteiger partial charge in [-0.3, -0.25) is 0 Å². The average molecular weight is 294 g/mol. The largest absolute Gasteiger partial charge is 0.459 e. The number of ether oxygens (including phenoxy) is 1. The van der Waals surface area contributed by atoms with Gasteiger partial charge in [0, 0.05) is 6.08 Å². The van der Waals surface area contributed by atoms with Gasteiger partial charge in [0.05, 0.1) is 17.2 Å². The van der Waals surface area contributed by atoms with Gasteiger partial charge in [0.1, 0.15) is 6.61 Å². The Kier molecular flexibility index (Phi) is 6.09. The molecule has 0 aromatic heterocycles. The summed E-state index contributed by atoms with van der Waals surface area (Å²) in [5.74, 6) is -2.79. The summed E-state index contributed by atoms with van der Waals surface area (Å²) < 4.78 is 4.81. The highest BCUT2D eigenvalue weighted by molar-refractivity contribution is 6.03. The number of rotatable bonds is 5. The molecule has 0 aliphatic rings. The Balaban J connectivity index is 2.83. The smallest absolute Gasteiger partial charge is 0.387 e. The average Bonchev–Trinajstić information content (AvgIpc) is 2.49. The predicted molar refractivity (Wildman–Crippen MR) is 70.1 cm³/mol. The van der Waals surface area contributed by atoms with Crippen LogP contribution < -0.4 is 0 Å². The number of carbonyl (C=O) groups excluding carboxylic acids is 3. The van der Waals surface area contributed by atoms with Gasteiger partial charge >= 0.3 is 17.9 Å². The minimum Gasteiger partial charge on any atom is -0.459 e. The summed E-state index contributed by atoms with van der Waals surface area (Å²) in [5.41, 5.74) is -0.206. The SMILES string of the molecule is C=CC(=O)OOC(=O)c1ccccc1C(=O)OCC(C)O. The van der Waals surface area contributed by atoms with Crippen LogP contribution in [0.5, 0.6) is 0 Å². The van der Waals surface area contributed by atoms with E-state index in [1.165, 1.54) is 31.2 Å². The summed E-state index contributed by atoms with van der Waals surface area (Å²) in [4.78, 5) is 42.8. The van der Waals surface area contributed by atoms with Crippen molar-refractivity contribution in [1.82, 2.24) is 0 Å². The molecule has 1 unspecified atom stereocenters. The molecule has 1 aromatic carbocycles. The highest BCUT2D eigenvalue weighted by Crippen LogP contribution is 2.12. The number of esters is 1. The van der Waals surface area contributed by atoms with Crippen LogP contribution in [0.15, 0.2) is 36.9 Å². The van der Waals surface area contributed by atoms with Crippen molar-refractivity contribution in [2.45, 2.75) is 13.0 Å². The van der Waals surface area contributed by atoms with E-state index < -0.39 is 24.0 Å². The molecule has 7 nitrogen and oxygen atoms in total. The molecule has 0 amide bonds. The third-order valence-corrected chi connectivity index (χ3v) is 2.19. The zero-order chi connectivity index (χ0) is 15.8. The predicted octanol–water partition coefficient (Wildman–Crippen LogP) is 1.03. The highest BCUT2D eigenvalue weighted by atomic mass is 17.2. The van der Waals surface area contributed by atoms with Crippen molar-refractivity contribution in [3.05, 3.63) is 48.0 Å². The van der Waals surface area contributed by atoms with E-state index in [-0.39, 0.29) is 17.7 Å². The third kappa shape index (κ3) is 5.07. The molecule has 112 valence electrons. The van der Waals surface area contributed by atoms with Gasteiger partial charge in [0.2, 0.25) is 0 Å². The van der Waals surface area contributed by atoms with Crippen molar-refractivity contribution in [1.29, 1.82) is 0 Å². The van der Waals surface area contributed by atoms with Crippen molar-refractivity contribution in [2.75, 3.05) is 6.61 Å². The minimum atomic E-state index is -1.03. The van der Waals surface area contributed by atoms with Gasteiger partial charge in [-0.2, -0.15) is 0 Å². The summed E-state index contributed by atoms with van der Waals surface area (Å²) in [5, 5.41) is 9.06. The van der Waals surface area contributed by atoms with Crippen LogP contribution in [0.1, 0.15) is 27.6 Å². The Morgan fingerprint density at radius 2 is 1.76 bits per heavy atom. The van der Waals surface area contributed by atoms with Crippen LogP contribution in [0, 0.1) is 0 Å². The van der Waals surface area contributed by atoms with Crippen LogP contribution in [0.3, 0.4) is 0 Å². The number of carbonyl (C=O) groups is 3. The molecular weight excluding hydrogens is 280 g/mol. The van der Waals surface area contributed by atoms with Gasteiger partial charge in [-0.25, -0.2) is 24.2 Å². The number of aliphatic hydroxyl groups is 1. The fourth-order valence-corrected chi connectivity index (χ4v) is 1.27. The first-order valence-electron chi connectivity index (χ1n) is 5.95. The van der Waals surface area contributed by atoms with Crippen LogP contribution >= 0.6 is 0 Å². The van der Waals surface area contributed by atoms with Gasteiger partial charge in [0.15, 0.2) is 0 Å². The zero-order valence-corrected chi connectivity index (χ0v) is 11.3. The molecule has 7 heteroatoms. The lowest BCUT2D eigenvalue weighted by atomic mass is 10.1. The fraction of sp³-hybridized carbons (Fsp3) is 0.214. The Morgan fingerprint density at radius 3 is 2.29 bits per heavy atom. The van der Waals surface area contributed by atoms with Crippen LogP contribution in [0.25, 0.3) is 0 Å². The molecule has 0 saturated heterocycles. The third-order valence-electron chi connectivity index (χ3n) is 2.19. The number of hydrogen-bond donors (Lipinski definition) is 1. The normalized spacial score (nSPS) is 11.1. The number of aliphatic hydroxyl groups excluding tert-OH is 1. The van der Waals surface area contributed by atoms with E-state index in [0.717, 1.165) is 6.08 Å². The number of benzene rings is 1. The van der Waals surface area contributed by atoms with E-state index in [0.29, 0.717) is 0 Å². The second kappa shape index (κ2) is 7.81. The van der Waals surface area contributed by atoms with Crippen LogP contribution in [0.4, 0.5) is 0 Å². The van der Waals surface area contributed by atoms with Crippen LogP contribution in [-0.2, 0) is 19.3 Å². The maximum absolute atomic E-state index is 11.8. The molecule has 1 N–H and O–H groups in total. The van der Waals surface area contributed by atoms with Crippen molar-refractivity contribution in [3.63, 3.8) is 0 Å². The molecule has 0 bridgehead atoms. The first-order valence-corrected chi connectivity index (χ1v) is 5.95. The van der Waals surface area contributed by atoms with E-state index in [1.54, 1.807) is 0 Å². The molecule has 0 spiro atoms. The van der Waals surface area contributed by atoms with Gasteiger partial charge in [-0.05, 0) is 19.1 Å². The van der Waals surface area contributed by atoms with Gasteiger partial charge in [-0.15, -0.1) is 0 Å². The molecule has 1 rings (SSSR count). The Hall–Kier alpha value is -2.67. The maximum atomic E-state index is 11.8. The molecule has 1 aromatic rings. The van der Waals surface area contributed by atoms with Crippen molar-refractivity contribution in [3.8, 4) is 0 Å². The summed E-state index contributed by atoms with van der Waals surface area (Å²) >= 11 is 0. The number of hydrogen-bond acceptors (Lipinski definition) is 7. The first-order chi connectivity index (χ1) is 9.95. The van der Waals surface area contributed by atoms with Gasteiger partial charge in [-0.1, -0.05) is 18.7 Å².